The van der Waals surface area contributed by atoms with Gasteiger partial charge in [-0.25, -0.2) is 0 Å². The topological polar surface area (TPSA) is 75.4 Å². The zero-order valence-corrected chi connectivity index (χ0v) is 16.5. The molecule has 2 aromatic carbocycles. The van der Waals surface area contributed by atoms with Crippen LogP contribution in [-0.2, 0) is 0 Å². The SMILES string of the molecule is Cc1cc(C(=O)N2CCC(C)CC2)ccc1NC(=O)c1ccc(N)cc1.Cl. The molecule has 0 saturated carbocycles. The summed E-state index contributed by atoms with van der Waals surface area (Å²) >= 11 is 0. The molecule has 5 nitrogen and oxygen atoms in total. The van der Waals surface area contributed by atoms with Crippen molar-refractivity contribution in [1.29, 1.82) is 0 Å². The van der Waals surface area contributed by atoms with Gasteiger partial charge < -0.3 is 16.0 Å². The third kappa shape index (κ3) is 5.01. The zero-order valence-electron chi connectivity index (χ0n) is 15.7. The third-order valence-corrected chi connectivity index (χ3v) is 4.97. The van der Waals surface area contributed by atoms with Gasteiger partial charge in [-0.05, 0) is 73.7 Å². The highest BCUT2D eigenvalue weighted by Crippen LogP contribution is 2.22. The molecule has 2 amide bonds. The number of aryl methyl sites for hydroxylation is 1. The number of nitrogen functional groups attached to an aromatic ring is 1. The molecule has 0 radical (unpaired) electrons. The molecular formula is C21H26ClN3O2. The molecule has 2 aromatic rings. The summed E-state index contributed by atoms with van der Waals surface area (Å²) in [7, 11) is 0. The number of likely N-dealkylation sites (tertiary alicyclic amines) is 1. The summed E-state index contributed by atoms with van der Waals surface area (Å²) in [4.78, 5) is 26.9. The quantitative estimate of drug-likeness (QED) is 0.777. The minimum Gasteiger partial charge on any atom is -0.399 e. The Morgan fingerprint density at radius 2 is 1.63 bits per heavy atom. The van der Waals surface area contributed by atoms with E-state index in [4.69, 9.17) is 5.73 Å². The Hall–Kier alpha value is -2.53. The number of benzene rings is 2. The maximum atomic E-state index is 12.7. The maximum absolute atomic E-state index is 12.7. The third-order valence-electron chi connectivity index (χ3n) is 4.97. The highest BCUT2D eigenvalue weighted by atomic mass is 35.5. The summed E-state index contributed by atoms with van der Waals surface area (Å²) in [5, 5.41) is 2.89. The van der Waals surface area contributed by atoms with Crippen molar-refractivity contribution in [1.82, 2.24) is 4.90 Å². The summed E-state index contributed by atoms with van der Waals surface area (Å²) in [5.41, 5.74) is 9.05. The minimum atomic E-state index is -0.197. The fourth-order valence-electron chi connectivity index (χ4n) is 3.16. The van der Waals surface area contributed by atoms with Gasteiger partial charge in [0.2, 0.25) is 0 Å². The standard InChI is InChI=1S/C21H25N3O2.ClH/c1-14-9-11-24(12-10-14)21(26)17-5-8-19(15(2)13-17)23-20(25)16-3-6-18(22)7-4-16;/h3-8,13-14H,9-12,22H2,1-2H3,(H,23,25);1H. The van der Waals surface area contributed by atoms with Crippen LogP contribution in [0.2, 0.25) is 0 Å². The van der Waals surface area contributed by atoms with Crippen LogP contribution in [0.15, 0.2) is 42.5 Å². The first kappa shape index (κ1) is 20.8. The molecule has 0 aliphatic carbocycles. The number of nitrogens with zero attached hydrogens (tertiary/aromatic N) is 1. The molecule has 1 heterocycles. The fourth-order valence-corrected chi connectivity index (χ4v) is 3.16. The van der Waals surface area contributed by atoms with E-state index in [0.29, 0.717) is 28.4 Å². The Balaban J connectivity index is 0.00000261. The van der Waals surface area contributed by atoms with Gasteiger partial charge in [-0.15, -0.1) is 12.4 Å². The average molecular weight is 388 g/mol. The van der Waals surface area contributed by atoms with Crippen LogP contribution in [-0.4, -0.2) is 29.8 Å². The number of nitrogens with two attached hydrogens (primary N) is 1. The number of anilines is 2. The molecule has 0 spiro atoms. The van der Waals surface area contributed by atoms with Crippen molar-refractivity contribution in [2.75, 3.05) is 24.1 Å². The molecule has 144 valence electrons. The largest absolute Gasteiger partial charge is 0.399 e. The minimum absolute atomic E-state index is 0. The van der Waals surface area contributed by atoms with Crippen LogP contribution in [0.5, 0.6) is 0 Å². The van der Waals surface area contributed by atoms with Gasteiger partial charge in [-0.2, -0.15) is 0 Å². The first-order valence-electron chi connectivity index (χ1n) is 9.01. The number of carbonyl (C=O) groups excluding carboxylic acids is 2. The van der Waals surface area contributed by atoms with Gasteiger partial charge in [0, 0.05) is 35.6 Å². The van der Waals surface area contributed by atoms with Crippen LogP contribution in [0, 0.1) is 12.8 Å². The Bertz CT molecular complexity index is 813. The number of halogens is 1. The van der Waals surface area contributed by atoms with E-state index >= 15 is 0 Å². The van der Waals surface area contributed by atoms with E-state index in [1.807, 2.05) is 17.9 Å². The lowest BCUT2D eigenvalue weighted by molar-refractivity contribution is 0.0697. The number of hydrogen-bond donors (Lipinski definition) is 2. The molecule has 1 saturated heterocycles. The number of rotatable bonds is 3. The lowest BCUT2D eigenvalue weighted by atomic mass is 9.98. The van der Waals surface area contributed by atoms with Crippen LogP contribution < -0.4 is 11.1 Å². The van der Waals surface area contributed by atoms with Gasteiger partial charge in [0.05, 0.1) is 0 Å². The molecule has 6 heteroatoms. The van der Waals surface area contributed by atoms with Crippen LogP contribution in [0.25, 0.3) is 0 Å². The number of piperidine rings is 1. The highest BCUT2D eigenvalue weighted by molar-refractivity contribution is 6.05. The molecule has 3 N–H and O–H groups in total. The van der Waals surface area contributed by atoms with Crippen LogP contribution in [0.3, 0.4) is 0 Å². The fraction of sp³-hybridized carbons (Fsp3) is 0.333. The van der Waals surface area contributed by atoms with Gasteiger partial charge in [-0.3, -0.25) is 9.59 Å². The first-order valence-corrected chi connectivity index (χ1v) is 9.01. The second kappa shape index (κ2) is 8.91. The summed E-state index contributed by atoms with van der Waals surface area (Å²) in [6.45, 7) is 5.75. The van der Waals surface area contributed by atoms with Gasteiger partial charge in [0.15, 0.2) is 0 Å². The molecule has 1 aliphatic rings. The van der Waals surface area contributed by atoms with Crippen molar-refractivity contribution in [3.8, 4) is 0 Å². The van der Waals surface area contributed by atoms with Gasteiger partial charge in [0.25, 0.3) is 11.8 Å². The van der Waals surface area contributed by atoms with E-state index in [2.05, 4.69) is 12.2 Å². The zero-order chi connectivity index (χ0) is 18.7. The predicted octanol–water partition coefficient (Wildman–Crippen LogP) is 4.12. The smallest absolute Gasteiger partial charge is 0.255 e. The van der Waals surface area contributed by atoms with Crippen molar-refractivity contribution in [2.24, 2.45) is 5.92 Å². The normalized spacial score (nSPS) is 14.4. The molecule has 0 bridgehead atoms. The Labute approximate surface area is 166 Å². The van der Waals surface area contributed by atoms with Crippen molar-refractivity contribution in [2.45, 2.75) is 26.7 Å². The second-order valence-corrected chi connectivity index (χ2v) is 7.08. The summed E-state index contributed by atoms with van der Waals surface area (Å²) in [6, 6.07) is 12.2. The van der Waals surface area contributed by atoms with Crippen LogP contribution >= 0.6 is 12.4 Å². The van der Waals surface area contributed by atoms with Crippen LogP contribution in [0.4, 0.5) is 11.4 Å². The number of amides is 2. The number of carbonyl (C=O) groups is 2. The van der Waals surface area contributed by atoms with Gasteiger partial charge in [-0.1, -0.05) is 6.92 Å². The van der Waals surface area contributed by atoms with Gasteiger partial charge >= 0.3 is 0 Å². The van der Waals surface area contributed by atoms with E-state index in [1.165, 1.54) is 0 Å². The molecule has 27 heavy (non-hydrogen) atoms. The lowest BCUT2D eigenvalue weighted by Crippen LogP contribution is -2.37. The Morgan fingerprint density at radius 1 is 1.04 bits per heavy atom. The number of nitrogens with one attached hydrogen (secondary N) is 1. The molecule has 0 aromatic heterocycles. The summed E-state index contributed by atoms with van der Waals surface area (Å²) < 4.78 is 0. The van der Waals surface area contributed by atoms with E-state index in [0.717, 1.165) is 31.5 Å². The summed E-state index contributed by atoms with van der Waals surface area (Å²) in [5.74, 6) is 0.556. The summed E-state index contributed by atoms with van der Waals surface area (Å²) in [6.07, 6.45) is 2.11. The molecule has 0 unspecified atom stereocenters. The first-order chi connectivity index (χ1) is 12.4. The van der Waals surface area contributed by atoms with Crippen molar-refractivity contribution < 1.29 is 9.59 Å². The van der Waals surface area contributed by atoms with E-state index in [1.54, 1.807) is 36.4 Å². The van der Waals surface area contributed by atoms with E-state index in [9.17, 15) is 9.59 Å². The predicted molar refractivity (Wildman–Crippen MR) is 112 cm³/mol. The molecule has 3 rings (SSSR count). The maximum Gasteiger partial charge on any atom is 0.255 e. The Kier molecular flexibility index (Phi) is 6.86. The van der Waals surface area contributed by atoms with Crippen molar-refractivity contribution in [3.63, 3.8) is 0 Å². The molecule has 0 atom stereocenters. The van der Waals surface area contributed by atoms with Crippen molar-refractivity contribution >= 4 is 35.6 Å². The molecule has 1 fully saturated rings. The highest BCUT2D eigenvalue weighted by Gasteiger charge is 2.21. The average Bonchev–Trinajstić information content (AvgIpc) is 2.64. The second-order valence-electron chi connectivity index (χ2n) is 7.08. The molecule has 1 aliphatic heterocycles. The van der Waals surface area contributed by atoms with Crippen molar-refractivity contribution in [3.05, 3.63) is 59.2 Å². The van der Waals surface area contributed by atoms with E-state index < -0.39 is 0 Å². The van der Waals surface area contributed by atoms with E-state index in [-0.39, 0.29) is 24.2 Å². The van der Waals surface area contributed by atoms with Crippen LogP contribution in [0.1, 0.15) is 46.0 Å². The lowest BCUT2D eigenvalue weighted by Gasteiger charge is -2.30. The van der Waals surface area contributed by atoms with Gasteiger partial charge in [0.1, 0.15) is 0 Å². The number of hydrogen-bond acceptors (Lipinski definition) is 3. The molecular weight excluding hydrogens is 362 g/mol. The Morgan fingerprint density at radius 3 is 2.22 bits per heavy atom. The monoisotopic (exact) mass is 387 g/mol.